The van der Waals surface area contributed by atoms with Crippen LogP contribution < -0.4 is 5.32 Å². The molecular weight excluding hydrogens is 408 g/mol. The lowest BCUT2D eigenvalue weighted by Gasteiger charge is -2.16. The zero-order valence-electron chi connectivity index (χ0n) is 17.4. The maximum Gasteiger partial charge on any atom is 0.423 e. The summed E-state index contributed by atoms with van der Waals surface area (Å²) in [6.45, 7) is 4.69. The van der Waals surface area contributed by atoms with Crippen molar-refractivity contribution >= 4 is 11.8 Å². The highest BCUT2D eigenvalue weighted by molar-refractivity contribution is 5.92. The molecule has 0 fully saturated rings. The molecule has 0 aliphatic heterocycles. The summed E-state index contributed by atoms with van der Waals surface area (Å²) in [6, 6.07) is 4.65. The second-order valence-electron chi connectivity index (χ2n) is 6.99. The van der Waals surface area contributed by atoms with Crippen molar-refractivity contribution in [3.05, 3.63) is 65.2 Å². The summed E-state index contributed by atoms with van der Waals surface area (Å²) < 4.78 is 30.9. The number of aryl methyl sites for hydroxylation is 1. The number of amides is 2. The SMILES string of the molecule is CCn1ncc(CN(C)C(=O)c2cn(C(F)(F)C(=O)NCc3ccccc3)nn2)c1C. The quantitative estimate of drug-likeness (QED) is 0.588. The minimum atomic E-state index is -4.00. The highest BCUT2D eigenvalue weighted by atomic mass is 19.3. The molecule has 0 saturated carbocycles. The Morgan fingerprint density at radius 1 is 1.23 bits per heavy atom. The molecule has 0 radical (unpaired) electrons. The van der Waals surface area contributed by atoms with E-state index in [0.717, 1.165) is 17.5 Å². The summed E-state index contributed by atoms with van der Waals surface area (Å²) >= 11 is 0. The molecule has 0 saturated heterocycles. The van der Waals surface area contributed by atoms with E-state index in [-0.39, 0.29) is 23.5 Å². The normalized spacial score (nSPS) is 11.4. The van der Waals surface area contributed by atoms with Crippen molar-refractivity contribution in [2.75, 3.05) is 7.05 Å². The summed E-state index contributed by atoms with van der Waals surface area (Å²) in [5.41, 5.74) is 2.12. The maximum absolute atomic E-state index is 14.5. The van der Waals surface area contributed by atoms with Crippen LogP contribution in [0.25, 0.3) is 0 Å². The van der Waals surface area contributed by atoms with Gasteiger partial charge in [-0.05, 0) is 19.4 Å². The molecule has 164 valence electrons. The van der Waals surface area contributed by atoms with Gasteiger partial charge >= 0.3 is 12.0 Å². The zero-order valence-corrected chi connectivity index (χ0v) is 17.4. The van der Waals surface area contributed by atoms with Crippen LogP contribution in [0.4, 0.5) is 8.78 Å². The van der Waals surface area contributed by atoms with Crippen molar-refractivity contribution < 1.29 is 18.4 Å². The van der Waals surface area contributed by atoms with Crippen LogP contribution in [-0.4, -0.2) is 48.5 Å². The van der Waals surface area contributed by atoms with E-state index in [4.69, 9.17) is 0 Å². The summed E-state index contributed by atoms with van der Waals surface area (Å²) in [7, 11) is 1.52. The van der Waals surface area contributed by atoms with E-state index in [2.05, 4.69) is 20.7 Å². The molecule has 11 heteroatoms. The fourth-order valence-electron chi connectivity index (χ4n) is 2.97. The van der Waals surface area contributed by atoms with Gasteiger partial charge in [0.2, 0.25) is 0 Å². The van der Waals surface area contributed by atoms with Crippen molar-refractivity contribution in [3.63, 3.8) is 0 Å². The van der Waals surface area contributed by atoms with Gasteiger partial charge < -0.3 is 10.2 Å². The molecule has 0 spiro atoms. The van der Waals surface area contributed by atoms with Crippen LogP contribution in [0.2, 0.25) is 0 Å². The van der Waals surface area contributed by atoms with Crippen LogP contribution in [0.3, 0.4) is 0 Å². The average Bonchev–Trinajstić information content (AvgIpc) is 3.40. The number of hydrogen-bond acceptors (Lipinski definition) is 5. The molecule has 0 unspecified atom stereocenters. The molecule has 2 aromatic heterocycles. The minimum absolute atomic E-state index is 0.0662. The predicted octanol–water partition coefficient (Wildman–Crippen LogP) is 1.94. The molecule has 0 bridgehead atoms. The molecule has 0 aliphatic carbocycles. The molecule has 0 aliphatic rings. The largest absolute Gasteiger partial charge is 0.423 e. The third-order valence-electron chi connectivity index (χ3n) is 4.83. The van der Waals surface area contributed by atoms with Gasteiger partial charge in [-0.25, -0.2) is 0 Å². The number of benzene rings is 1. The maximum atomic E-state index is 14.5. The molecule has 1 N–H and O–H groups in total. The number of carbonyl (C=O) groups excluding carboxylic acids is 2. The Bertz CT molecular complexity index is 1060. The molecule has 0 atom stereocenters. The van der Waals surface area contributed by atoms with Gasteiger partial charge in [0.1, 0.15) is 0 Å². The molecule has 31 heavy (non-hydrogen) atoms. The number of hydrogen-bond donors (Lipinski definition) is 1. The highest BCUT2D eigenvalue weighted by Crippen LogP contribution is 2.21. The molecule has 2 amide bonds. The van der Waals surface area contributed by atoms with E-state index in [9.17, 15) is 18.4 Å². The number of rotatable bonds is 8. The Hall–Kier alpha value is -3.63. The fraction of sp³-hybridized carbons (Fsp3) is 0.350. The number of nitrogens with one attached hydrogen (secondary N) is 1. The van der Waals surface area contributed by atoms with Gasteiger partial charge in [-0.1, -0.05) is 35.5 Å². The van der Waals surface area contributed by atoms with Gasteiger partial charge in [-0.15, -0.1) is 5.10 Å². The van der Waals surface area contributed by atoms with E-state index in [1.54, 1.807) is 41.2 Å². The van der Waals surface area contributed by atoms with E-state index in [1.165, 1.54) is 11.9 Å². The second-order valence-corrected chi connectivity index (χ2v) is 6.99. The number of halogens is 2. The Labute approximate surface area is 177 Å². The third kappa shape index (κ3) is 4.76. The first-order valence-electron chi connectivity index (χ1n) is 9.63. The third-order valence-corrected chi connectivity index (χ3v) is 4.83. The Morgan fingerprint density at radius 2 is 1.94 bits per heavy atom. The van der Waals surface area contributed by atoms with Gasteiger partial charge in [0, 0.05) is 37.9 Å². The molecule has 9 nitrogen and oxygen atoms in total. The average molecular weight is 431 g/mol. The molecular formula is C20H23F2N7O2. The lowest BCUT2D eigenvalue weighted by atomic mass is 10.2. The first-order valence-corrected chi connectivity index (χ1v) is 9.63. The van der Waals surface area contributed by atoms with Gasteiger partial charge in [0.25, 0.3) is 5.91 Å². The van der Waals surface area contributed by atoms with Gasteiger partial charge in [0.15, 0.2) is 5.69 Å². The summed E-state index contributed by atoms with van der Waals surface area (Å²) in [6.07, 6.45) is 2.42. The van der Waals surface area contributed by atoms with Crippen LogP contribution >= 0.6 is 0 Å². The fourth-order valence-corrected chi connectivity index (χ4v) is 2.97. The monoisotopic (exact) mass is 431 g/mol. The van der Waals surface area contributed by atoms with Crippen LogP contribution in [0.15, 0.2) is 42.7 Å². The zero-order chi connectivity index (χ0) is 22.6. The van der Waals surface area contributed by atoms with Gasteiger partial charge in [-0.2, -0.15) is 18.6 Å². The molecule has 3 aromatic rings. The van der Waals surface area contributed by atoms with Crippen LogP contribution in [-0.2, 0) is 30.5 Å². The lowest BCUT2D eigenvalue weighted by Crippen LogP contribution is -2.42. The predicted molar refractivity (Wildman–Crippen MR) is 107 cm³/mol. The van der Waals surface area contributed by atoms with E-state index in [1.807, 2.05) is 13.8 Å². The first-order chi connectivity index (χ1) is 14.7. The molecule has 2 heterocycles. The summed E-state index contributed by atoms with van der Waals surface area (Å²) in [5.74, 6) is -2.15. The van der Waals surface area contributed by atoms with Crippen molar-refractivity contribution in [2.24, 2.45) is 0 Å². The van der Waals surface area contributed by atoms with Crippen molar-refractivity contribution in [3.8, 4) is 0 Å². The van der Waals surface area contributed by atoms with Crippen LogP contribution in [0.5, 0.6) is 0 Å². The lowest BCUT2D eigenvalue weighted by molar-refractivity contribution is -0.164. The van der Waals surface area contributed by atoms with E-state index >= 15 is 0 Å². The second kappa shape index (κ2) is 9.02. The number of carbonyl (C=O) groups is 2. The summed E-state index contributed by atoms with van der Waals surface area (Å²) in [4.78, 5) is 25.9. The Kier molecular flexibility index (Phi) is 6.42. The van der Waals surface area contributed by atoms with Crippen molar-refractivity contribution in [1.82, 2.24) is 35.0 Å². The van der Waals surface area contributed by atoms with Crippen molar-refractivity contribution in [2.45, 2.75) is 39.5 Å². The highest BCUT2D eigenvalue weighted by Gasteiger charge is 2.43. The van der Waals surface area contributed by atoms with Crippen LogP contribution in [0.1, 0.15) is 34.2 Å². The molecule has 3 rings (SSSR count). The molecule has 1 aromatic carbocycles. The Morgan fingerprint density at radius 3 is 2.58 bits per heavy atom. The van der Waals surface area contributed by atoms with E-state index < -0.39 is 17.9 Å². The first kappa shape index (κ1) is 22.1. The van der Waals surface area contributed by atoms with Gasteiger partial charge in [0.05, 0.1) is 12.4 Å². The standard InChI is InChI=1S/C20H23F2N7O2/c1-4-28-14(2)16(11-24-28)12-27(3)18(30)17-13-29(26-25-17)20(21,22)19(31)23-10-15-8-6-5-7-9-15/h5-9,11,13H,4,10,12H2,1-3H3,(H,23,31). The topological polar surface area (TPSA) is 97.9 Å². The summed E-state index contributed by atoms with van der Waals surface area (Å²) in [5, 5.41) is 13.2. The number of aromatic nitrogens is 5. The minimum Gasteiger partial charge on any atom is -0.345 e. The van der Waals surface area contributed by atoms with Gasteiger partial charge in [-0.3, -0.25) is 14.3 Å². The van der Waals surface area contributed by atoms with Crippen LogP contribution in [0, 0.1) is 6.92 Å². The smallest absolute Gasteiger partial charge is 0.345 e. The van der Waals surface area contributed by atoms with E-state index in [0.29, 0.717) is 12.1 Å². The number of alkyl halides is 2. The Balaban J connectivity index is 1.66. The van der Waals surface area contributed by atoms with Crippen molar-refractivity contribution in [1.29, 1.82) is 0 Å². The number of nitrogens with zero attached hydrogens (tertiary/aromatic N) is 6.